The van der Waals surface area contributed by atoms with Crippen LogP contribution in [-0.2, 0) is 4.79 Å². The number of benzene rings is 3. The topological polar surface area (TPSA) is 67.4 Å². The quantitative estimate of drug-likeness (QED) is 0.594. The molecule has 4 rings (SSSR count). The van der Waals surface area contributed by atoms with Crippen molar-refractivity contribution < 1.29 is 14.3 Å². The van der Waals surface area contributed by atoms with Crippen LogP contribution < -0.4 is 15.4 Å². The lowest BCUT2D eigenvalue weighted by Gasteiger charge is -2.14. The number of carbonyl (C=O) groups is 2. The average molecular weight is 439 g/mol. The van der Waals surface area contributed by atoms with Crippen LogP contribution in [0.3, 0.4) is 0 Å². The SMILES string of the molecule is O=C(COc1cc2ccccc2cc1C(=O)Nc1ccccc1Br)NC1CC1. The highest BCUT2D eigenvalue weighted by molar-refractivity contribution is 9.10. The Kier molecular flexibility index (Phi) is 5.30. The Balaban J connectivity index is 1.61. The minimum Gasteiger partial charge on any atom is -0.483 e. The summed E-state index contributed by atoms with van der Waals surface area (Å²) in [6.45, 7) is -0.121. The third kappa shape index (κ3) is 4.34. The molecule has 0 aromatic heterocycles. The summed E-state index contributed by atoms with van der Waals surface area (Å²) in [5, 5.41) is 7.65. The summed E-state index contributed by atoms with van der Waals surface area (Å²) in [4.78, 5) is 25.0. The van der Waals surface area contributed by atoms with E-state index in [1.54, 1.807) is 12.1 Å². The normalized spacial score (nSPS) is 13.2. The Morgan fingerprint density at radius 3 is 2.39 bits per heavy atom. The smallest absolute Gasteiger partial charge is 0.259 e. The van der Waals surface area contributed by atoms with E-state index in [9.17, 15) is 9.59 Å². The summed E-state index contributed by atoms with van der Waals surface area (Å²) in [5.74, 6) is -0.0859. The highest BCUT2D eigenvalue weighted by Crippen LogP contribution is 2.29. The van der Waals surface area contributed by atoms with Gasteiger partial charge in [0.05, 0.1) is 11.3 Å². The van der Waals surface area contributed by atoms with Gasteiger partial charge in [0.15, 0.2) is 6.61 Å². The molecule has 142 valence electrons. The first-order valence-electron chi connectivity index (χ1n) is 9.11. The Labute approximate surface area is 171 Å². The first-order chi connectivity index (χ1) is 13.6. The van der Waals surface area contributed by atoms with E-state index < -0.39 is 0 Å². The Morgan fingerprint density at radius 2 is 1.68 bits per heavy atom. The van der Waals surface area contributed by atoms with E-state index >= 15 is 0 Å². The average Bonchev–Trinajstić information content (AvgIpc) is 3.51. The van der Waals surface area contributed by atoms with Crippen LogP contribution in [0.5, 0.6) is 5.75 Å². The summed E-state index contributed by atoms with van der Waals surface area (Å²) in [7, 11) is 0. The van der Waals surface area contributed by atoms with Gasteiger partial charge in [-0.05, 0) is 63.8 Å². The summed E-state index contributed by atoms with van der Waals surface area (Å²) in [6.07, 6.45) is 2.03. The lowest BCUT2D eigenvalue weighted by atomic mass is 10.1. The molecule has 2 amide bonds. The van der Waals surface area contributed by atoms with E-state index in [1.807, 2.05) is 48.5 Å². The number of rotatable bonds is 6. The maximum absolute atomic E-state index is 13.0. The van der Waals surface area contributed by atoms with Crippen LogP contribution in [0.15, 0.2) is 65.1 Å². The van der Waals surface area contributed by atoms with Gasteiger partial charge in [-0.25, -0.2) is 0 Å². The van der Waals surface area contributed by atoms with E-state index in [-0.39, 0.29) is 24.5 Å². The number of hydrogen-bond donors (Lipinski definition) is 2. The van der Waals surface area contributed by atoms with Crippen LogP contribution in [0.25, 0.3) is 10.8 Å². The van der Waals surface area contributed by atoms with Gasteiger partial charge in [-0.2, -0.15) is 0 Å². The van der Waals surface area contributed by atoms with Crippen LogP contribution in [0.4, 0.5) is 5.69 Å². The number of hydrogen-bond acceptors (Lipinski definition) is 3. The molecule has 1 fully saturated rings. The van der Waals surface area contributed by atoms with Crippen LogP contribution >= 0.6 is 15.9 Å². The molecular formula is C22H19BrN2O3. The maximum atomic E-state index is 13.0. The standard InChI is InChI=1S/C22H19BrN2O3/c23-18-7-3-4-8-19(18)25-22(27)17-11-14-5-1-2-6-15(14)12-20(17)28-13-21(26)24-16-9-10-16/h1-8,11-12,16H,9-10,13H2,(H,24,26)(H,25,27). The summed E-state index contributed by atoms with van der Waals surface area (Å²) in [5.41, 5.74) is 1.05. The van der Waals surface area contributed by atoms with Gasteiger partial charge in [-0.15, -0.1) is 0 Å². The molecule has 1 aliphatic rings. The number of para-hydroxylation sites is 1. The van der Waals surface area contributed by atoms with Crippen molar-refractivity contribution in [1.82, 2.24) is 5.32 Å². The molecule has 0 aliphatic heterocycles. The molecule has 0 spiro atoms. The number of ether oxygens (including phenoxy) is 1. The molecule has 0 atom stereocenters. The number of fused-ring (bicyclic) bond motifs is 1. The van der Waals surface area contributed by atoms with Gasteiger partial charge in [0, 0.05) is 10.5 Å². The van der Waals surface area contributed by atoms with Crippen molar-refractivity contribution in [2.45, 2.75) is 18.9 Å². The van der Waals surface area contributed by atoms with Crippen molar-refractivity contribution in [3.8, 4) is 5.75 Å². The first kappa shape index (κ1) is 18.5. The van der Waals surface area contributed by atoms with E-state index in [0.29, 0.717) is 17.0 Å². The third-order valence-electron chi connectivity index (χ3n) is 4.52. The molecular weight excluding hydrogens is 420 g/mol. The largest absolute Gasteiger partial charge is 0.483 e. The molecule has 1 aliphatic carbocycles. The number of anilines is 1. The van der Waals surface area contributed by atoms with E-state index in [4.69, 9.17) is 4.74 Å². The molecule has 0 unspecified atom stereocenters. The molecule has 0 heterocycles. The zero-order valence-electron chi connectivity index (χ0n) is 15.1. The monoisotopic (exact) mass is 438 g/mol. The van der Waals surface area contributed by atoms with Crippen molar-refractivity contribution in [1.29, 1.82) is 0 Å². The molecule has 6 heteroatoms. The minimum absolute atomic E-state index is 0.121. The summed E-state index contributed by atoms with van der Waals surface area (Å²) < 4.78 is 6.53. The highest BCUT2D eigenvalue weighted by atomic mass is 79.9. The second-order valence-corrected chi connectivity index (χ2v) is 7.61. The summed E-state index contributed by atoms with van der Waals surface area (Å²) >= 11 is 3.44. The predicted octanol–water partition coefficient (Wildman–Crippen LogP) is 4.51. The molecule has 5 nitrogen and oxygen atoms in total. The Bertz CT molecular complexity index is 1050. The van der Waals surface area contributed by atoms with Gasteiger partial charge < -0.3 is 15.4 Å². The number of amides is 2. The Morgan fingerprint density at radius 1 is 1.00 bits per heavy atom. The van der Waals surface area contributed by atoms with Crippen molar-refractivity contribution in [2.75, 3.05) is 11.9 Å². The molecule has 0 radical (unpaired) electrons. The van der Waals surface area contributed by atoms with E-state index in [1.165, 1.54) is 0 Å². The molecule has 0 bridgehead atoms. The Hall–Kier alpha value is -2.86. The van der Waals surface area contributed by atoms with Crippen LogP contribution in [0.1, 0.15) is 23.2 Å². The molecule has 3 aromatic rings. The number of nitrogens with one attached hydrogen (secondary N) is 2. The number of halogens is 1. The molecule has 28 heavy (non-hydrogen) atoms. The van der Waals surface area contributed by atoms with Crippen LogP contribution in [0.2, 0.25) is 0 Å². The van der Waals surface area contributed by atoms with Gasteiger partial charge in [0.1, 0.15) is 5.75 Å². The number of carbonyl (C=O) groups excluding carboxylic acids is 2. The van der Waals surface area contributed by atoms with Crippen molar-refractivity contribution >= 4 is 44.2 Å². The second kappa shape index (κ2) is 8.02. The molecule has 2 N–H and O–H groups in total. The van der Waals surface area contributed by atoms with Gasteiger partial charge in [-0.1, -0.05) is 36.4 Å². The molecule has 1 saturated carbocycles. The van der Waals surface area contributed by atoms with Gasteiger partial charge in [0.25, 0.3) is 11.8 Å². The fourth-order valence-corrected chi connectivity index (χ4v) is 3.29. The van der Waals surface area contributed by atoms with Crippen molar-refractivity contribution in [3.63, 3.8) is 0 Å². The summed E-state index contributed by atoms with van der Waals surface area (Å²) in [6, 6.07) is 19.0. The van der Waals surface area contributed by atoms with E-state index in [0.717, 1.165) is 28.1 Å². The first-order valence-corrected chi connectivity index (χ1v) is 9.90. The zero-order chi connectivity index (χ0) is 19.5. The fourth-order valence-electron chi connectivity index (χ4n) is 2.91. The lowest BCUT2D eigenvalue weighted by Crippen LogP contribution is -2.30. The lowest BCUT2D eigenvalue weighted by molar-refractivity contribution is -0.123. The van der Waals surface area contributed by atoms with E-state index in [2.05, 4.69) is 26.6 Å². The van der Waals surface area contributed by atoms with Crippen LogP contribution in [-0.4, -0.2) is 24.5 Å². The fraction of sp³-hybridized carbons (Fsp3) is 0.182. The second-order valence-electron chi connectivity index (χ2n) is 6.76. The van der Waals surface area contributed by atoms with Crippen molar-refractivity contribution in [2.24, 2.45) is 0 Å². The van der Waals surface area contributed by atoms with Gasteiger partial charge in [0.2, 0.25) is 0 Å². The van der Waals surface area contributed by atoms with Gasteiger partial charge in [-0.3, -0.25) is 9.59 Å². The predicted molar refractivity (Wildman–Crippen MR) is 113 cm³/mol. The van der Waals surface area contributed by atoms with Crippen LogP contribution in [0, 0.1) is 0 Å². The third-order valence-corrected chi connectivity index (χ3v) is 5.21. The minimum atomic E-state index is -0.296. The molecule has 3 aromatic carbocycles. The van der Waals surface area contributed by atoms with Crippen molar-refractivity contribution in [3.05, 3.63) is 70.7 Å². The highest BCUT2D eigenvalue weighted by Gasteiger charge is 2.24. The molecule has 0 saturated heterocycles. The maximum Gasteiger partial charge on any atom is 0.259 e. The van der Waals surface area contributed by atoms with Gasteiger partial charge >= 0.3 is 0 Å². The zero-order valence-corrected chi connectivity index (χ0v) is 16.7.